The first-order valence-corrected chi connectivity index (χ1v) is 6.27. The second-order valence-electron chi connectivity index (χ2n) is 3.95. The molecule has 0 aliphatic heterocycles. The maximum absolute atomic E-state index is 11.3. The van der Waals surface area contributed by atoms with Crippen LogP contribution in [0.3, 0.4) is 0 Å². The Kier molecular flexibility index (Phi) is 5.88. The van der Waals surface area contributed by atoms with E-state index < -0.39 is 29.5 Å². The fraction of sp³-hybridized carbons (Fsp3) is 0.417. The summed E-state index contributed by atoms with van der Waals surface area (Å²) < 4.78 is 0. The first-order chi connectivity index (χ1) is 8.45. The molecular formula is C12H15Cl2NO3. The van der Waals surface area contributed by atoms with E-state index in [1.165, 1.54) is 0 Å². The first kappa shape index (κ1) is 15.2. The molecule has 1 amide bonds. The minimum Gasteiger partial charge on any atom is -0.394 e. The van der Waals surface area contributed by atoms with Crippen LogP contribution in [0.4, 0.5) is 0 Å². The summed E-state index contributed by atoms with van der Waals surface area (Å²) in [5, 5.41) is 21.6. The second kappa shape index (κ2) is 6.95. The van der Waals surface area contributed by atoms with Gasteiger partial charge in [-0.25, -0.2) is 0 Å². The van der Waals surface area contributed by atoms with Gasteiger partial charge in [-0.15, -0.1) is 0 Å². The number of hydrogen-bond donors (Lipinski definition) is 3. The molecule has 0 aliphatic carbocycles. The van der Waals surface area contributed by atoms with E-state index in [2.05, 4.69) is 5.32 Å². The van der Waals surface area contributed by atoms with Gasteiger partial charge in [0.15, 0.2) is 4.84 Å². The number of hydrogen-bond acceptors (Lipinski definition) is 3. The minimum absolute atomic E-state index is 0.415. The van der Waals surface area contributed by atoms with Crippen molar-refractivity contribution >= 4 is 29.1 Å². The molecule has 6 heteroatoms. The van der Waals surface area contributed by atoms with Crippen LogP contribution < -0.4 is 5.32 Å². The zero-order valence-corrected chi connectivity index (χ0v) is 11.3. The molecule has 18 heavy (non-hydrogen) atoms. The molecule has 1 aromatic carbocycles. The summed E-state index contributed by atoms with van der Waals surface area (Å²) in [6.45, 7) is 1.51. The van der Waals surface area contributed by atoms with Crippen LogP contribution in [0, 0.1) is 6.92 Å². The standard InChI is InChI=1S/C12H15Cl2NO3/c1-7-2-4-8(5-3-7)10(17)9(6-16)15-12(18)11(13)14/h2-5,9-11,16-17H,6H2,1H3,(H,15,18)/t9-,10-/m1/s1. The van der Waals surface area contributed by atoms with Gasteiger partial charge in [0, 0.05) is 0 Å². The van der Waals surface area contributed by atoms with Crippen molar-refractivity contribution in [3.8, 4) is 0 Å². The zero-order valence-electron chi connectivity index (χ0n) is 9.81. The number of aliphatic hydroxyl groups excluding tert-OH is 2. The summed E-state index contributed by atoms with van der Waals surface area (Å²) in [5.74, 6) is -0.649. The van der Waals surface area contributed by atoms with E-state index in [1.807, 2.05) is 19.1 Å². The van der Waals surface area contributed by atoms with Gasteiger partial charge < -0.3 is 15.5 Å². The van der Waals surface area contributed by atoms with Crippen LogP contribution in [0.5, 0.6) is 0 Å². The largest absolute Gasteiger partial charge is 0.394 e. The summed E-state index contributed by atoms with van der Waals surface area (Å²) in [6, 6.07) is 6.28. The van der Waals surface area contributed by atoms with Gasteiger partial charge in [-0.2, -0.15) is 0 Å². The van der Waals surface area contributed by atoms with E-state index in [0.29, 0.717) is 5.56 Å². The van der Waals surface area contributed by atoms with Crippen molar-refractivity contribution in [1.82, 2.24) is 5.32 Å². The molecule has 0 spiro atoms. The highest BCUT2D eigenvalue weighted by Gasteiger charge is 2.24. The number of amides is 1. The van der Waals surface area contributed by atoms with Gasteiger partial charge in [0.1, 0.15) is 6.10 Å². The fourth-order valence-electron chi connectivity index (χ4n) is 1.47. The van der Waals surface area contributed by atoms with Crippen molar-refractivity contribution in [2.75, 3.05) is 6.61 Å². The number of nitrogens with one attached hydrogen (secondary N) is 1. The number of alkyl halides is 2. The van der Waals surface area contributed by atoms with Crippen molar-refractivity contribution in [3.05, 3.63) is 35.4 Å². The zero-order chi connectivity index (χ0) is 13.7. The third-order valence-electron chi connectivity index (χ3n) is 2.52. The molecular weight excluding hydrogens is 277 g/mol. The monoisotopic (exact) mass is 291 g/mol. The third-order valence-corrected chi connectivity index (χ3v) is 2.92. The highest BCUT2D eigenvalue weighted by Crippen LogP contribution is 2.18. The number of benzene rings is 1. The summed E-state index contributed by atoms with van der Waals surface area (Å²) in [4.78, 5) is 10.1. The van der Waals surface area contributed by atoms with Crippen molar-refractivity contribution in [1.29, 1.82) is 0 Å². The highest BCUT2D eigenvalue weighted by molar-refractivity contribution is 6.53. The molecule has 0 unspecified atom stereocenters. The van der Waals surface area contributed by atoms with Crippen LogP contribution in [0.1, 0.15) is 17.2 Å². The lowest BCUT2D eigenvalue weighted by atomic mass is 10.0. The first-order valence-electron chi connectivity index (χ1n) is 5.39. The lowest BCUT2D eigenvalue weighted by Gasteiger charge is -2.23. The van der Waals surface area contributed by atoms with E-state index in [9.17, 15) is 15.0 Å². The van der Waals surface area contributed by atoms with Crippen molar-refractivity contribution in [3.63, 3.8) is 0 Å². The topological polar surface area (TPSA) is 69.6 Å². The number of carbonyl (C=O) groups excluding carboxylic acids is 1. The molecule has 0 saturated heterocycles. The third kappa shape index (κ3) is 4.14. The van der Waals surface area contributed by atoms with Crippen LogP contribution in [0.2, 0.25) is 0 Å². The van der Waals surface area contributed by atoms with Crippen molar-refractivity contribution in [2.45, 2.75) is 23.9 Å². The van der Waals surface area contributed by atoms with Crippen LogP contribution >= 0.6 is 23.2 Å². The van der Waals surface area contributed by atoms with E-state index in [1.54, 1.807) is 12.1 Å². The van der Waals surface area contributed by atoms with Gasteiger partial charge in [0.25, 0.3) is 5.91 Å². The molecule has 0 fully saturated rings. The number of aryl methyl sites for hydroxylation is 1. The number of aliphatic hydroxyl groups is 2. The van der Waals surface area contributed by atoms with Crippen LogP contribution in [0.15, 0.2) is 24.3 Å². The number of carbonyl (C=O) groups is 1. The maximum Gasteiger partial charge on any atom is 0.253 e. The van der Waals surface area contributed by atoms with Crippen LogP contribution in [-0.2, 0) is 4.79 Å². The average Bonchev–Trinajstić information content (AvgIpc) is 2.35. The smallest absolute Gasteiger partial charge is 0.253 e. The molecule has 100 valence electrons. The van der Waals surface area contributed by atoms with E-state index in [0.717, 1.165) is 5.56 Å². The Hall–Kier alpha value is -0.810. The van der Waals surface area contributed by atoms with Gasteiger partial charge in [0.05, 0.1) is 12.6 Å². The van der Waals surface area contributed by atoms with E-state index in [4.69, 9.17) is 23.2 Å². The molecule has 0 bridgehead atoms. The molecule has 3 N–H and O–H groups in total. The van der Waals surface area contributed by atoms with Crippen LogP contribution in [-0.4, -0.2) is 33.6 Å². The molecule has 0 heterocycles. The minimum atomic E-state index is -1.23. The Morgan fingerprint density at radius 2 is 1.89 bits per heavy atom. The van der Waals surface area contributed by atoms with Crippen molar-refractivity contribution in [2.24, 2.45) is 0 Å². The molecule has 0 aliphatic rings. The van der Waals surface area contributed by atoms with Crippen molar-refractivity contribution < 1.29 is 15.0 Å². The highest BCUT2D eigenvalue weighted by atomic mass is 35.5. The Balaban J connectivity index is 2.75. The predicted molar refractivity (Wildman–Crippen MR) is 70.6 cm³/mol. The lowest BCUT2D eigenvalue weighted by molar-refractivity contribution is -0.121. The normalized spacial score (nSPS) is 14.3. The fourth-order valence-corrected chi connectivity index (χ4v) is 1.59. The number of halogens is 2. The quantitative estimate of drug-likeness (QED) is 0.717. The van der Waals surface area contributed by atoms with Gasteiger partial charge in [0.2, 0.25) is 0 Å². The van der Waals surface area contributed by atoms with Crippen LogP contribution in [0.25, 0.3) is 0 Å². The summed E-state index contributed by atoms with van der Waals surface area (Å²) in [6.07, 6.45) is -1.02. The Bertz CT molecular complexity index is 395. The molecule has 2 atom stereocenters. The Morgan fingerprint density at radius 1 is 1.33 bits per heavy atom. The van der Waals surface area contributed by atoms with Gasteiger partial charge >= 0.3 is 0 Å². The SMILES string of the molecule is Cc1ccc([C@@H](O)[C@@H](CO)NC(=O)C(Cl)Cl)cc1. The number of rotatable bonds is 5. The molecule has 0 radical (unpaired) electrons. The molecule has 4 nitrogen and oxygen atoms in total. The average molecular weight is 292 g/mol. The Labute approximate surface area is 116 Å². The lowest BCUT2D eigenvalue weighted by Crippen LogP contribution is -2.44. The molecule has 0 saturated carbocycles. The molecule has 1 aromatic rings. The molecule has 0 aromatic heterocycles. The molecule has 1 rings (SSSR count). The van der Waals surface area contributed by atoms with E-state index in [-0.39, 0.29) is 0 Å². The van der Waals surface area contributed by atoms with E-state index >= 15 is 0 Å². The van der Waals surface area contributed by atoms with Gasteiger partial charge in [-0.3, -0.25) is 4.79 Å². The Morgan fingerprint density at radius 3 is 2.33 bits per heavy atom. The predicted octanol–water partition coefficient (Wildman–Crippen LogP) is 1.31. The second-order valence-corrected chi connectivity index (χ2v) is 5.05. The van der Waals surface area contributed by atoms with Gasteiger partial charge in [-0.05, 0) is 12.5 Å². The summed E-state index contributed by atoms with van der Waals surface area (Å²) in [5.41, 5.74) is 1.65. The summed E-state index contributed by atoms with van der Waals surface area (Å²) >= 11 is 10.8. The summed E-state index contributed by atoms with van der Waals surface area (Å²) in [7, 11) is 0. The van der Waals surface area contributed by atoms with Gasteiger partial charge in [-0.1, -0.05) is 53.0 Å². The maximum atomic E-state index is 11.3.